The fourth-order valence-electron chi connectivity index (χ4n) is 3.29. The number of amides is 2. The van der Waals surface area contributed by atoms with Gasteiger partial charge in [0.05, 0.1) is 23.8 Å². The molecule has 0 spiro atoms. The number of carbonyl (C=O) groups is 2. The Morgan fingerprint density at radius 1 is 1.07 bits per heavy atom. The molecule has 5 nitrogen and oxygen atoms in total. The zero-order valence-corrected chi connectivity index (χ0v) is 16.2. The third-order valence-corrected chi connectivity index (χ3v) is 5.91. The van der Waals surface area contributed by atoms with Crippen LogP contribution in [0.25, 0.3) is 0 Å². The summed E-state index contributed by atoms with van der Waals surface area (Å²) in [6.45, 7) is 1.18. The van der Waals surface area contributed by atoms with Crippen LogP contribution in [0.3, 0.4) is 0 Å². The highest BCUT2D eigenvalue weighted by molar-refractivity contribution is 8.00. The minimum Gasteiger partial charge on any atom is -0.472 e. The fraction of sp³-hybridized carbons (Fsp3) is 0.429. The van der Waals surface area contributed by atoms with Gasteiger partial charge in [-0.15, -0.1) is 11.8 Å². The van der Waals surface area contributed by atoms with Crippen molar-refractivity contribution in [1.82, 2.24) is 10.6 Å². The molecule has 0 radical (unpaired) electrons. The Morgan fingerprint density at radius 2 is 1.89 bits per heavy atom. The van der Waals surface area contributed by atoms with Gasteiger partial charge in [-0.3, -0.25) is 9.59 Å². The smallest absolute Gasteiger partial charge is 0.252 e. The molecule has 2 amide bonds. The minimum atomic E-state index is -0.151. The summed E-state index contributed by atoms with van der Waals surface area (Å²) in [5, 5.41) is 5.93. The summed E-state index contributed by atoms with van der Waals surface area (Å²) in [7, 11) is 0. The van der Waals surface area contributed by atoms with E-state index in [1.807, 2.05) is 24.3 Å². The molecule has 1 aromatic carbocycles. The summed E-state index contributed by atoms with van der Waals surface area (Å²) in [4.78, 5) is 25.5. The molecule has 1 aromatic heterocycles. The first-order valence-corrected chi connectivity index (χ1v) is 10.5. The molecular weight excluding hydrogens is 360 g/mol. The summed E-state index contributed by atoms with van der Waals surface area (Å²) in [5.41, 5.74) is 1.50. The fourth-order valence-corrected chi connectivity index (χ4v) is 4.17. The molecule has 2 aromatic rings. The topological polar surface area (TPSA) is 71.3 Å². The number of carbonyl (C=O) groups excluding carboxylic acids is 2. The van der Waals surface area contributed by atoms with Crippen LogP contribution in [-0.2, 0) is 11.3 Å². The highest BCUT2D eigenvalue weighted by Gasteiger charge is 2.16. The van der Waals surface area contributed by atoms with Crippen LogP contribution >= 0.6 is 11.8 Å². The van der Waals surface area contributed by atoms with Gasteiger partial charge in [0.2, 0.25) is 5.91 Å². The second-order valence-corrected chi connectivity index (χ2v) is 7.92. The first kappa shape index (κ1) is 19.5. The van der Waals surface area contributed by atoms with E-state index in [2.05, 4.69) is 10.6 Å². The van der Waals surface area contributed by atoms with Crippen molar-refractivity contribution in [3.05, 3.63) is 54.0 Å². The molecule has 0 unspecified atom stereocenters. The second kappa shape index (κ2) is 10.2. The number of hydrogen-bond donors (Lipinski definition) is 2. The lowest BCUT2D eigenvalue weighted by Crippen LogP contribution is -2.31. The van der Waals surface area contributed by atoms with Crippen LogP contribution in [0.15, 0.2) is 52.2 Å². The third kappa shape index (κ3) is 6.17. The van der Waals surface area contributed by atoms with Crippen molar-refractivity contribution < 1.29 is 14.0 Å². The molecule has 2 N–H and O–H groups in total. The minimum absolute atomic E-state index is 0.0270. The van der Waals surface area contributed by atoms with Crippen LogP contribution in [0.2, 0.25) is 0 Å². The molecule has 1 aliphatic carbocycles. The average Bonchev–Trinajstić information content (AvgIpc) is 3.23. The number of furan rings is 1. The van der Waals surface area contributed by atoms with Crippen molar-refractivity contribution in [2.75, 3.05) is 12.3 Å². The molecule has 0 aliphatic heterocycles. The molecular formula is C21H26N2O3S. The van der Waals surface area contributed by atoms with Gasteiger partial charge in [-0.05, 0) is 37.0 Å². The molecule has 27 heavy (non-hydrogen) atoms. The normalized spacial score (nSPS) is 14.7. The zero-order chi connectivity index (χ0) is 18.9. The van der Waals surface area contributed by atoms with E-state index in [1.54, 1.807) is 18.6 Å². The van der Waals surface area contributed by atoms with Gasteiger partial charge in [0.15, 0.2) is 0 Å². The molecule has 1 saturated carbocycles. The Balaban J connectivity index is 1.47. The average molecular weight is 387 g/mol. The van der Waals surface area contributed by atoms with Gasteiger partial charge in [0, 0.05) is 23.5 Å². The van der Waals surface area contributed by atoms with Gasteiger partial charge >= 0.3 is 0 Å². The van der Waals surface area contributed by atoms with Crippen LogP contribution in [0.5, 0.6) is 0 Å². The van der Waals surface area contributed by atoms with E-state index in [0.717, 1.165) is 17.0 Å². The first-order valence-electron chi connectivity index (χ1n) is 9.50. The molecule has 0 atom stereocenters. The molecule has 1 heterocycles. The summed E-state index contributed by atoms with van der Waals surface area (Å²) in [5.74, 6) is 0.813. The largest absolute Gasteiger partial charge is 0.472 e. The quantitative estimate of drug-likeness (QED) is 0.673. The molecule has 144 valence electrons. The summed E-state index contributed by atoms with van der Waals surface area (Å²) < 4.78 is 5.01. The van der Waals surface area contributed by atoms with Gasteiger partial charge in [0.1, 0.15) is 0 Å². The van der Waals surface area contributed by atoms with Crippen LogP contribution in [0.4, 0.5) is 0 Å². The van der Waals surface area contributed by atoms with Crippen molar-refractivity contribution >= 4 is 23.6 Å². The maximum absolute atomic E-state index is 12.5. The summed E-state index contributed by atoms with van der Waals surface area (Å²) in [6, 6.07) is 9.20. The van der Waals surface area contributed by atoms with E-state index in [4.69, 9.17) is 4.42 Å². The Bertz CT molecular complexity index is 740. The summed E-state index contributed by atoms with van der Waals surface area (Å²) >= 11 is 1.40. The molecule has 6 heteroatoms. The predicted molar refractivity (Wildman–Crippen MR) is 107 cm³/mol. The third-order valence-electron chi connectivity index (χ3n) is 4.84. The molecule has 0 bridgehead atoms. The number of thioether (sulfide) groups is 1. The van der Waals surface area contributed by atoms with Gasteiger partial charge in [0.25, 0.3) is 5.91 Å². The lowest BCUT2D eigenvalue weighted by Gasteiger charge is -2.21. The van der Waals surface area contributed by atoms with Crippen molar-refractivity contribution in [3.63, 3.8) is 0 Å². The van der Waals surface area contributed by atoms with E-state index in [-0.39, 0.29) is 11.8 Å². The Labute approximate surface area is 164 Å². The van der Waals surface area contributed by atoms with Crippen molar-refractivity contribution in [3.8, 4) is 0 Å². The Hall–Kier alpha value is -2.21. The van der Waals surface area contributed by atoms with Gasteiger partial charge < -0.3 is 15.1 Å². The van der Waals surface area contributed by atoms with Crippen LogP contribution in [-0.4, -0.2) is 24.1 Å². The molecule has 1 fully saturated rings. The zero-order valence-electron chi connectivity index (χ0n) is 15.4. The van der Waals surface area contributed by atoms with Crippen LogP contribution in [0.1, 0.15) is 48.0 Å². The van der Waals surface area contributed by atoms with Gasteiger partial charge in [-0.25, -0.2) is 0 Å². The van der Waals surface area contributed by atoms with Gasteiger partial charge in [-0.2, -0.15) is 0 Å². The highest BCUT2D eigenvalue weighted by atomic mass is 32.2. The van der Waals surface area contributed by atoms with E-state index >= 15 is 0 Å². The number of rotatable bonds is 8. The monoisotopic (exact) mass is 386 g/mol. The maximum Gasteiger partial charge on any atom is 0.252 e. The van der Waals surface area contributed by atoms with Crippen molar-refractivity contribution in [2.24, 2.45) is 5.92 Å². The van der Waals surface area contributed by atoms with E-state index < -0.39 is 0 Å². The molecule has 3 rings (SSSR count). The number of benzene rings is 1. The first-order chi connectivity index (χ1) is 13.2. The Kier molecular flexibility index (Phi) is 7.39. The molecule has 1 aliphatic rings. The standard InChI is InChI=1S/C21H26N2O3S/c24-20(22-12-16-6-2-1-3-7-16)15-27-19-9-5-4-8-18(19)21(25)23-13-17-10-11-26-14-17/h4-5,8-11,14,16H,1-3,6-7,12-13,15H2,(H,22,24)(H,23,25). The highest BCUT2D eigenvalue weighted by Crippen LogP contribution is 2.24. The van der Waals surface area contributed by atoms with E-state index in [1.165, 1.54) is 43.9 Å². The maximum atomic E-state index is 12.5. The van der Waals surface area contributed by atoms with Crippen LogP contribution in [0, 0.1) is 5.92 Å². The Morgan fingerprint density at radius 3 is 2.67 bits per heavy atom. The van der Waals surface area contributed by atoms with Crippen molar-refractivity contribution in [1.29, 1.82) is 0 Å². The lowest BCUT2D eigenvalue weighted by molar-refractivity contribution is -0.118. The number of hydrogen-bond acceptors (Lipinski definition) is 4. The second-order valence-electron chi connectivity index (χ2n) is 6.91. The molecule has 0 saturated heterocycles. The summed E-state index contributed by atoms with van der Waals surface area (Å²) in [6.07, 6.45) is 9.49. The van der Waals surface area contributed by atoms with Crippen LogP contribution < -0.4 is 10.6 Å². The lowest BCUT2D eigenvalue weighted by atomic mass is 9.89. The SMILES string of the molecule is O=C(CSc1ccccc1C(=O)NCc1ccoc1)NCC1CCCCC1. The van der Waals surface area contributed by atoms with Gasteiger partial charge in [-0.1, -0.05) is 31.4 Å². The van der Waals surface area contributed by atoms with E-state index in [9.17, 15) is 9.59 Å². The predicted octanol–water partition coefficient (Wildman–Crippen LogP) is 4.00. The van der Waals surface area contributed by atoms with E-state index in [0.29, 0.717) is 23.8 Å². The number of nitrogens with one attached hydrogen (secondary N) is 2. The van der Waals surface area contributed by atoms with Crippen molar-refractivity contribution in [2.45, 2.75) is 43.5 Å².